The third kappa shape index (κ3) is 5.63. The van der Waals surface area contributed by atoms with Crippen LogP contribution in [0.1, 0.15) is 49.1 Å². The molecule has 6 rings (SSSR count). The number of amides is 2. The van der Waals surface area contributed by atoms with Crippen molar-refractivity contribution in [2.24, 2.45) is 5.92 Å². The van der Waals surface area contributed by atoms with Crippen molar-refractivity contribution in [1.82, 2.24) is 4.57 Å². The number of aromatic nitrogens is 1. The molecule has 2 N–H and O–H groups in total. The Kier molecular flexibility index (Phi) is 7.73. The molecule has 1 saturated heterocycles. The molecule has 43 heavy (non-hydrogen) atoms. The second-order valence-corrected chi connectivity index (χ2v) is 11.2. The Bertz CT molecular complexity index is 1800. The van der Waals surface area contributed by atoms with Gasteiger partial charge in [0.25, 0.3) is 17.4 Å². The first kappa shape index (κ1) is 28.2. The Morgan fingerprint density at radius 3 is 2.35 bits per heavy atom. The van der Waals surface area contributed by atoms with Crippen molar-refractivity contribution in [3.63, 3.8) is 0 Å². The van der Waals surface area contributed by atoms with Crippen molar-refractivity contribution < 1.29 is 19.1 Å². The topological polar surface area (TPSA) is 110 Å². The minimum atomic E-state index is -0.571. The first-order chi connectivity index (χ1) is 20.8. The van der Waals surface area contributed by atoms with Crippen LogP contribution in [0.4, 0.5) is 17.1 Å². The van der Waals surface area contributed by atoms with Crippen LogP contribution in [0.5, 0.6) is 0 Å². The molecule has 2 bridgehead atoms. The maximum atomic E-state index is 13.4. The highest BCUT2D eigenvalue weighted by Crippen LogP contribution is 2.39. The lowest BCUT2D eigenvalue weighted by molar-refractivity contribution is 0.0601. The summed E-state index contributed by atoms with van der Waals surface area (Å²) in [5.74, 6) is -1.05. The van der Waals surface area contributed by atoms with E-state index in [1.54, 1.807) is 72.8 Å². The molecule has 1 fully saturated rings. The fraction of sp³-hybridized carbons (Fsp3) is 0.212. The molecule has 0 aliphatic carbocycles. The zero-order chi connectivity index (χ0) is 30.1. The van der Waals surface area contributed by atoms with E-state index in [1.165, 1.54) is 7.11 Å². The minimum absolute atomic E-state index is 0.0116. The largest absolute Gasteiger partial charge is 0.465 e. The molecule has 1 aromatic heterocycles. The quantitative estimate of drug-likeness (QED) is 0.288. The van der Waals surface area contributed by atoms with Gasteiger partial charge < -0.3 is 24.8 Å². The van der Waals surface area contributed by atoms with Gasteiger partial charge in [-0.05, 0) is 60.9 Å². The van der Waals surface area contributed by atoms with E-state index in [-0.39, 0.29) is 28.5 Å². The molecule has 2 unspecified atom stereocenters. The van der Waals surface area contributed by atoms with E-state index < -0.39 is 17.8 Å². The van der Waals surface area contributed by atoms with Crippen LogP contribution in [-0.2, 0) is 11.3 Å². The summed E-state index contributed by atoms with van der Waals surface area (Å²) in [6.45, 7) is 1.96. The summed E-state index contributed by atoms with van der Waals surface area (Å²) in [6.07, 6.45) is 0.974. The van der Waals surface area contributed by atoms with Gasteiger partial charge in [0.1, 0.15) is 0 Å². The number of para-hydroxylation sites is 1. The monoisotopic (exact) mass is 596 g/mol. The van der Waals surface area contributed by atoms with Gasteiger partial charge in [0, 0.05) is 42.9 Å². The van der Waals surface area contributed by atoms with Crippen molar-refractivity contribution >= 4 is 46.4 Å². The van der Waals surface area contributed by atoms with Gasteiger partial charge >= 0.3 is 5.97 Å². The Morgan fingerprint density at radius 2 is 1.56 bits per heavy atom. The number of benzene rings is 3. The molecule has 0 spiro atoms. The van der Waals surface area contributed by atoms with Crippen LogP contribution in [0.2, 0.25) is 5.02 Å². The molecule has 2 amide bonds. The molecular formula is C33H29ClN4O5. The number of fused-ring (bicyclic) bond motifs is 4. The maximum absolute atomic E-state index is 13.4. The van der Waals surface area contributed by atoms with Crippen molar-refractivity contribution in [2.75, 3.05) is 35.7 Å². The van der Waals surface area contributed by atoms with Crippen molar-refractivity contribution in [3.8, 4) is 0 Å². The van der Waals surface area contributed by atoms with Crippen LogP contribution < -0.4 is 21.1 Å². The number of piperidine rings is 1. The van der Waals surface area contributed by atoms with Gasteiger partial charge in [0.2, 0.25) is 0 Å². The van der Waals surface area contributed by atoms with Crippen LogP contribution in [0.3, 0.4) is 0 Å². The van der Waals surface area contributed by atoms with Crippen LogP contribution in [0.25, 0.3) is 0 Å². The summed E-state index contributed by atoms with van der Waals surface area (Å²) >= 11 is 6.32. The van der Waals surface area contributed by atoms with Crippen LogP contribution >= 0.6 is 11.6 Å². The molecule has 0 radical (unpaired) electrons. The van der Waals surface area contributed by atoms with Gasteiger partial charge in [-0.1, -0.05) is 41.9 Å². The molecule has 4 aromatic rings. The van der Waals surface area contributed by atoms with E-state index in [0.717, 1.165) is 17.8 Å². The van der Waals surface area contributed by atoms with Gasteiger partial charge in [0.05, 0.1) is 40.3 Å². The van der Waals surface area contributed by atoms with Gasteiger partial charge in [-0.15, -0.1) is 0 Å². The highest BCUT2D eigenvalue weighted by atomic mass is 35.5. The lowest BCUT2D eigenvalue weighted by Gasteiger charge is -2.44. The third-order valence-electron chi connectivity index (χ3n) is 8.03. The normalized spacial score (nSPS) is 17.0. The summed E-state index contributed by atoms with van der Waals surface area (Å²) in [7, 11) is 1.28. The van der Waals surface area contributed by atoms with Gasteiger partial charge in [-0.3, -0.25) is 14.4 Å². The van der Waals surface area contributed by atoms with Gasteiger partial charge in [-0.25, -0.2) is 4.79 Å². The Balaban J connectivity index is 1.34. The zero-order valence-electron chi connectivity index (χ0n) is 23.4. The van der Waals surface area contributed by atoms with E-state index in [0.29, 0.717) is 41.6 Å². The molecule has 3 heterocycles. The summed E-state index contributed by atoms with van der Waals surface area (Å²) in [5.41, 5.74) is 3.35. The number of halogens is 1. The average molecular weight is 597 g/mol. The molecule has 9 nitrogen and oxygen atoms in total. The number of hydrogen-bond acceptors (Lipinski definition) is 6. The number of pyridine rings is 1. The molecule has 2 atom stereocenters. The van der Waals surface area contributed by atoms with Crippen LogP contribution in [-0.4, -0.2) is 42.6 Å². The number of rotatable bonds is 6. The number of methoxy groups -OCH3 is 1. The number of ether oxygens (including phenoxy) is 1. The predicted molar refractivity (Wildman–Crippen MR) is 165 cm³/mol. The second kappa shape index (κ2) is 11.8. The first-order valence-electron chi connectivity index (χ1n) is 14.0. The van der Waals surface area contributed by atoms with Gasteiger partial charge in [-0.2, -0.15) is 0 Å². The van der Waals surface area contributed by atoms with Crippen molar-refractivity contribution in [3.05, 3.63) is 123 Å². The lowest BCUT2D eigenvalue weighted by Crippen LogP contribution is -2.47. The maximum Gasteiger partial charge on any atom is 0.339 e. The molecule has 0 saturated carbocycles. The highest BCUT2D eigenvalue weighted by Gasteiger charge is 2.35. The number of hydrogen-bond donors (Lipinski definition) is 2. The zero-order valence-corrected chi connectivity index (χ0v) is 24.1. The van der Waals surface area contributed by atoms with E-state index >= 15 is 0 Å². The van der Waals surface area contributed by atoms with Crippen molar-refractivity contribution in [1.29, 1.82) is 0 Å². The second-order valence-electron chi connectivity index (χ2n) is 10.8. The molecule has 2 aliphatic heterocycles. The number of esters is 1. The molecule has 10 heteroatoms. The first-order valence-corrected chi connectivity index (χ1v) is 14.3. The Morgan fingerprint density at radius 1 is 0.814 bits per heavy atom. The number of carbonyl (C=O) groups excluding carboxylic acids is 3. The minimum Gasteiger partial charge on any atom is -0.465 e. The number of nitrogens with one attached hydrogen (secondary N) is 2. The predicted octanol–water partition coefficient (Wildman–Crippen LogP) is 5.42. The summed E-state index contributed by atoms with van der Waals surface area (Å²) < 4.78 is 6.72. The molecule has 218 valence electrons. The molecule has 3 aromatic carbocycles. The van der Waals surface area contributed by atoms with Gasteiger partial charge in [0.15, 0.2) is 0 Å². The standard InChI is InChI=1S/C33H29ClN4O5/c1-43-33(42)24-8-3-5-10-26(24)35-31(40)21-13-14-29(27(16-21)36-32(41)23-7-2-4-9-25(23)34)37-17-20-15-22(19-37)28-11-6-12-30(39)38(28)18-20/h2-14,16,20,22H,15,17-19H2,1H3,(H,35,40)(H,36,41). The fourth-order valence-corrected chi connectivity index (χ4v) is 6.28. The van der Waals surface area contributed by atoms with E-state index in [4.69, 9.17) is 16.3 Å². The fourth-order valence-electron chi connectivity index (χ4n) is 6.06. The summed E-state index contributed by atoms with van der Waals surface area (Å²) in [6, 6.07) is 23.9. The summed E-state index contributed by atoms with van der Waals surface area (Å²) in [5, 5.41) is 6.08. The van der Waals surface area contributed by atoms with Crippen molar-refractivity contribution in [2.45, 2.75) is 18.9 Å². The molecule has 2 aliphatic rings. The van der Waals surface area contributed by atoms with E-state index in [9.17, 15) is 19.2 Å². The van der Waals surface area contributed by atoms with Crippen LogP contribution in [0.15, 0.2) is 89.7 Å². The third-order valence-corrected chi connectivity index (χ3v) is 8.36. The Labute approximate surface area is 253 Å². The molecular weight excluding hydrogens is 568 g/mol. The number of nitrogens with zero attached hydrogens (tertiary/aromatic N) is 2. The SMILES string of the molecule is COC(=O)c1ccccc1NC(=O)c1ccc(N2CC3CC(C2)c2cccc(=O)n2C3)c(NC(=O)c2ccccc2Cl)c1. The summed E-state index contributed by atoms with van der Waals surface area (Å²) in [4.78, 5) is 53.8. The average Bonchev–Trinajstić information content (AvgIpc) is 3.01. The lowest BCUT2D eigenvalue weighted by atomic mass is 9.83. The van der Waals surface area contributed by atoms with Crippen LogP contribution in [0, 0.1) is 5.92 Å². The highest BCUT2D eigenvalue weighted by molar-refractivity contribution is 6.34. The van der Waals surface area contributed by atoms with E-state index in [1.807, 2.05) is 16.7 Å². The number of carbonyl (C=O) groups is 3. The number of anilines is 3. The Hall–Kier alpha value is -4.89. The smallest absolute Gasteiger partial charge is 0.339 e. The van der Waals surface area contributed by atoms with E-state index in [2.05, 4.69) is 15.5 Å².